The average molecular weight is 594 g/mol. The Hall–Kier alpha value is -4.37. The second kappa shape index (κ2) is 16.8. The number of carbonyl (C=O) groups excluding carboxylic acids is 3. The van der Waals surface area contributed by atoms with Crippen molar-refractivity contribution in [2.45, 2.75) is 40.5 Å². The normalized spacial score (nSPS) is 15.2. The number of nitrogens with one attached hydrogen (secondary N) is 1. The molecule has 2 aromatic carbocycles. The Kier molecular flexibility index (Phi) is 13.5. The number of Topliss-reactive ketones (excluding diaryl/α,β-unsaturated/α-hetero) is 1. The van der Waals surface area contributed by atoms with Crippen LogP contribution < -0.4 is 10.1 Å². The first-order valence-corrected chi connectivity index (χ1v) is 14.2. The molecule has 222 valence electrons. The van der Waals surface area contributed by atoms with Crippen LogP contribution in [0, 0.1) is 5.82 Å². The molecule has 0 atom stereocenters. The average Bonchev–Trinajstić information content (AvgIpc) is 3.35. The number of amides is 2. The second-order valence-electron chi connectivity index (χ2n) is 8.77. The summed E-state index contributed by atoms with van der Waals surface area (Å²) in [5.74, 6) is -0.588. The second-order valence-corrected chi connectivity index (χ2v) is 9.75. The van der Waals surface area contributed by atoms with Gasteiger partial charge in [-0.05, 0) is 91.6 Å². The molecule has 0 spiro atoms. The van der Waals surface area contributed by atoms with Gasteiger partial charge < -0.3 is 14.6 Å². The van der Waals surface area contributed by atoms with Crippen LogP contribution >= 0.6 is 11.8 Å². The van der Waals surface area contributed by atoms with Crippen molar-refractivity contribution in [3.63, 3.8) is 0 Å². The number of halogens is 1. The van der Waals surface area contributed by atoms with Gasteiger partial charge in [-0.15, -0.1) is 0 Å². The van der Waals surface area contributed by atoms with Gasteiger partial charge in [0.05, 0.1) is 18.6 Å². The third-order valence-corrected chi connectivity index (χ3v) is 7.02. The third kappa shape index (κ3) is 9.34. The molecular weight excluding hydrogens is 557 g/mol. The Morgan fingerprint density at radius 1 is 1.07 bits per heavy atom. The standard InChI is InChI=1S/C31H30FNO6S.C2H6/c1-5-24(38-4)14-11-19(2)27(34)26(28(35)22-8-6-9-23(32)18-22)10-7-17-39-25-15-12-21(13-16-25)20(3)29-30(36)33-31(37)40-29;1-2/h5-6,8-9,11-16,18,34H,1,7,10,17H2,2-4H3,(H,33,36,37);1-2H3/b19-11+,24-14+,27-26-,29-20-;. The van der Waals surface area contributed by atoms with Crippen molar-refractivity contribution in [1.82, 2.24) is 5.32 Å². The van der Waals surface area contributed by atoms with E-state index in [1.807, 2.05) is 13.8 Å². The van der Waals surface area contributed by atoms with E-state index in [0.29, 0.717) is 34.0 Å². The van der Waals surface area contributed by atoms with Gasteiger partial charge in [0, 0.05) is 11.1 Å². The minimum Gasteiger partial charge on any atom is -0.507 e. The molecule has 1 fully saturated rings. The zero-order valence-electron chi connectivity index (χ0n) is 24.5. The van der Waals surface area contributed by atoms with E-state index in [2.05, 4.69) is 11.9 Å². The Bertz CT molecular complexity index is 1440. The quantitative estimate of drug-likeness (QED) is 0.0843. The lowest BCUT2D eigenvalue weighted by Crippen LogP contribution is -2.18. The van der Waals surface area contributed by atoms with Crippen molar-refractivity contribution >= 4 is 34.3 Å². The van der Waals surface area contributed by atoms with Gasteiger partial charge in [0.25, 0.3) is 11.1 Å². The lowest BCUT2D eigenvalue weighted by Gasteiger charge is -2.12. The van der Waals surface area contributed by atoms with Crippen LogP contribution in [0.25, 0.3) is 5.57 Å². The summed E-state index contributed by atoms with van der Waals surface area (Å²) in [6.07, 6.45) is 5.30. The molecule has 0 aromatic heterocycles. The fraction of sp³-hybridized carbons (Fsp3) is 0.242. The van der Waals surface area contributed by atoms with E-state index >= 15 is 0 Å². The van der Waals surface area contributed by atoms with E-state index in [4.69, 9.17) is 9.47 Å². The molecule has 2 N–H and O–H groups in total. The van der Waals surface area contributed by atoms with Crippen molar-refractivity contribution in [1.29, 1.82) is 0 Å². The van der Waals surface area contributed by atoms with Gasteiger partial charge in [-0.25, -0.2) is 4.39 Å². The number of hydrogen-bond acceptors (Lipinski definition) is 7. The molecule has 3 rings (SSSR count). The number of ether oxygens (including phenoxy) is 2. The molecule has 0 saturated carbocycles. The monoisotopic (exact) mass is 593 g/mol. The number of hydrogen-bond donors (Lipinski definition) is 2. The molecule has 1 aliphatic rings. The highest BCUT2D eigenvalue weighted by atomic mass is 32.2. The number of allylic oxidation sites excluding steroid dienone is 6. The molecular formula is C33H36FNO6S. The van der Waals surface area contributed by atoms with Crippen molar-refractivity contribution < 1.29 is 33.4 Å². The summed E-state index contributed by atoms with van der Waals surface area (Å²) in [5, 5.41) is 12.8. The van der Waals surface area contributed by atoms with E-state index in [0.717, 1.165) is 23.4 Å². The first-order chi connectivity index (χ1) is 20.1. The summed E-state index contributed by atoms with van der Waals surface area (Å²) < 4.78 is 24.8. The number of methoxy groups -OCH3 is 1. The minimum atomic E-state index is -0.549. The minimum absolute atomic E-state index is 0.130. The Morgan fingerprint density at radius 2 is 1.76 bits per heavy atom. The van der Waals surface area contributed by atoms with E-state index < -0.39 is 22.7 Å². The molecule has 42 heavy (non-hydrogen) atoms. The third-order valence-electron chi connectivity index (χ3n) is 6.04. The smallest absolute Gasteiger partial charge is 0.290 e. The number of imide groups is 1. The first-order valence-electron chi connectivity index (χ1n) is 13.4. The number of benzene rings is 2. The molecule has 0 unspecified atom stereocenters. The van der Waals surface area contributed by atoms with Crippen LogP contribution in [0.2, 0.25) is 0 Å². The SMILES string of the molecule is C=C\C(=C/C=C(C)/C(O)=C(\CCCOc1ccc(/C(C)=C2\SC(=O)NC2=O)cc1)C(=O)c1cccc(F)c1)OC.CC. The van der Waals surface area contributed by atoms with E-state index in [9.17, 15) is 23.9 Å². The van der Waals surface area contributed by atoms with Gasteiger partial charge in [-0.2, -0.15) is 0 Å². The zero-order valence-corrected chi connectivity index (χ0v) is 25.3. The molecule has 7 nitrogen and oxygen atoms in total. The summed E-state index contributed by atoms with van der Waals surface area (Å²) >= 11 is 0.871. The summed E-state index contributed by atoms with van der Waals surface area (Å²) in [7, 11) is 1.49. The zero-order chi connectivity index (χ0) is 31.2. The van der Waals surface area contributed by atoms with E-state index in [1.54, 1.807) is 50.3 Å². The molecule has 2 amide bonds. The maximum atomic E-state index is 13.8. The van der Waals surface area contributed by atoms with Gasteiger partial charge in [0.15, 0.2) is 5.78 Å². The topological polar surface area (TPSA) is 102 Å². The highest BCUT2D eigenvalue weighted by molar-refractivity contribution is 8.18. The van der Waals surface area contributed by atoms with Crippen molar-refractivity contribution in [3.05, 3.63) is 118 Å². The molecule has 0 aliphatic carbocycles. The molecule has 1 heterocycles. The van der Waals surface area contributed by atoms with Gasteiger partial charge in [-0.3, -0.25) is 19.7 Å². The van der Waals surface area contributed by atoms with Crippen LogP contribution in [-0.4, -0.2) is 35.8 Å². The Labute approximate surface area is 250 Å². The summed E-state index contributed by atoms with van der Waals surface area (Å²) in [4.78, 5) is 37.0. The molecule has 1 aliphatic heterocycles. The van der Waals surface area contributed by atoms with Crippen molar-refractivity contribution in [2.24, 2.45) is 0 Å². The van der Waals surface area contributed by atoms with Gasteiger partial charge in [-0.1, -0.05) is 50.8 Å². The van der Waals surface area contributed by atoms with Crippen LogP contribution in [0.15, 0.2) is 101 Å². The lowest BCUT2D eigenvalue weighted by atomic mass is 9.96. The van der Waals surface area contributed by atoms with Crippen molar-refractivity contribution in [2.75, 3.05) is 13.7 Å². The summed E-state index contributed by atoms with van der Waals surface area (Å²) in [5.41, 5.74) is 2.15. The highest BCUT2D eigenvalue weighted by Gasteiger charge is 2.27. The van der Waals surface area contributed by atoms with E-state index in [-0.39, 0.29) is 29.9 Å². The van der Waals surface area contributed by atoms with E-state index in [1.165, 1.54) is 31.4 Å². The number of aliphatic hydroxyl groups is 1. The van der Waals surface area contributed by atoms with Crippen LogP contribution in [-0.2, 0) is 9.53 Å². The number of ketones is 1. The Balaban J connectivity index is 0.00000301. The van der Waals surface area contributed by atoms with Gasteiger partial charge >= 0.3 is 0 Å². The molecule has 2 aromatic rings. The molecule has 0 bridgehead atoms. The fourth-order valence-electron chi connectivity index (χ4n) is 3.82. The van der Waals surface area contributed by atoms with Crippen LogP contribution in [0.3, 0.4) is 0 Å². The molecule has 0 radical (unpaired) electrons. The molecule has 1 saturated heterocycles. The summed E-state index contributed by atoms with van der Waals surface area (Å²) in [6.45, 7) is 11.3. The number of thioether (sulfide) groups is 1. The van der Waals surface area contributed by atoms with Gasteiger partial charge in [0.2, 0.25) is 0 Å². The maximum Gasteiger partial charge on any atom is 0.290 e. The predicted molar refractivity (Wildman–Crippen MR) is 166 cm³/mol. The number of carbonyl (C=O) groups is 3. The maximum absolute atomic E-state index is 13.8. The predicted octanol–water partition coefficient (Wildman–Crippen LogP) is 8.08. The first kappa shape index (κ1) is 33.8. The van der Waals surface area contributed by atoms with Crippen LogP contribution in [0.4, 0.5) is 9.18 Å². The number of rotatable bonds is 12. The summed E-state index contributed by atoms with van der Waals surface area (Å²) in [6, 6.07) is 12.4. The number of aliphatic hydroxyl groups excluding tert-OH is 1. The highest BCUT2D eigenvalue weighted by Crippen LogP contribution is 2.32. The largest absolute Gasteiger partial charge is 0.507 e. The Morgan fingerprint density at radius 3 is 2.33 bits per heavy atom. The van der Waals surface area contributed by atoms with Crippen LogP contribution in [0.1, 0.15) is 56.5 Å². The van der Waals surface area contributed by atoms with Gasteiger partial charge in [0.1, 0.15) is 23.1 Å². The lowest BCUT2D eigenvalue weighted by molar-refractivity contribution is -0.115. The molecule has 9 heteroatoms. The van der Waals surface area contributed by atoms with Crippen LogP contribution in [0.5, 0.6) is 5.75 Å². The fourth-order valence-corrected chi connectivity index (χ4v) is 4.56. The van der Waals surface area contributed by atoms with Crippen molar-refractivity contribution in [3.8, 4) is 5.75 Å².